The first kappa shape index (κ1) is 72.6. The third kappa shape index (κ3) is 23.0. The second kappa shape index (κ2) is 36.5. The van der Waals surface area contributed by atoms with E-state index < -0.39 is 120 Å². The van der Waals surface area contributed by atoms with Crippen molar-refractivity contribution in [2.75, 3.05) is 38.5 Å². The molecular weight excluding hydrogens is 1260 g/mol. The van der Waals surface area contributed by atoms with E-state index in [2.05, 4.69) is 77.8 Å². The van der Waals surface area contributed by atoms with Gasteiger partial charge in [0.15, 0.2) is 11.9 Å². The molecule has 495 valence electrons. The van der Waals surface area contributed by atoms with Crippen molar-refractivity contribution in [3.05, 3.63) is 120 Å². The molecule has 32 nitrogen and oxygen atoms in total. The molecule has 10 amide bonds. The molecule has 6 rings (SSSR count). The van der Waals surface area contributed by atoms with Gasteiger partial charge in [-0.3, -0.25) is 57.9 Å². The number of carbonyl (C=O) groups is 10. The van der Waals surface area contributed by atoms with Gasteiger partial charge in [-0.2, -0.15) is 0 Å². The number of hydrogen-bond donors (Lipinski definition) is 18. The van der Waals surface area contributed by atoms with Crippen molar-refractivity contribution in [3.8, 4) is 5.75 Å². The molecule has 0 spiro atoms. The SMILES string of the molecule is NCC(=O)NCC(=O)N[C@@H](Cc1cnc[nH]1)C(=O)NCC(=O)N[C@@H](Cc1c[nH]c2ccccc12)C(=O)N[C@@H](CCCN=C(N)N)C(=O)N[C@@H](Cc1c[nH]c2ccccc12)C(=O)N[C@@H](Cc1ccc([O-])cc1)C(=O)N[C@@H](C[S-])C(=O)N[C@@H](CCCN=C(N)N)C(N)=O.[Cu+2]. The van der Waals surface area contributed by atoms with Gasteiger partial charge < -0.3 is 115 Å². The number of hydrogen-bond acceptors (Lipinski definition) is 16. The van der Waals surface area contributed by atoms with Crippen LogP contribution in [0.25, 0.3) is 21.8 Å². The summed E-state index contributed by atoms with van der Waals surface area (Å²) in [6.45, 7) is -1.50. The number of nitrogens with zero attached hydrogens (tertiary/aromatic N) is 3. The smallest absolute Gasteiger partial charge is 0.872 e. The molecule has 0 saturated heterocycles. The summed E-state index contributed by atoms with van der Waals surface area (Å²) in [6.07, 6.45) is 5.50. The number of nitrogens with one attached hydrogen (secondary N) is 12. The van der Waals surface area contributed by atoms with Crippen molar-refractivity contribution in [2.24, 2.45) is 44.4 Å². The Kier molecular flexibility index (Phi) is 28.8. The number of amides is 10. The average molecular weight is 1340 g/mol. The number of primary amides is 1. The van der Waals surface area contributed by atoms with Crippen LogP contribution in [-0.2, 0) is 103 Å². The van der Waals surface area contributed by atoms with Gasteiger partial charge in [0.05, 0.1) is 32.0 Å². The molecule has 0 aliphatic heterocycles. The van der Waals surface area contributed by atoms with Crippen LogP contribution in [0.2, 0.25) is 0 Å². The molecule has 0 aliphatic rings. The number of para-hydroxylation sites is 2. The minimum Gasteiger partial charge on any atom is -0.872 e. The van der Waals surface area contributed by atoms with E-state index in [-0.39, 0.29) is 106 Å². The predicted octanol–water partition coefficient (Wildman–Crippen LogP) is -5.56. The van der Waals surface area contributed by atoms with Crippen molar-refractivity contribution < 1.29 is 70.1 Å². The van der Waals surface area contributed by atoms with Crippen LogP contribution in [0.5, 0.6) is 5.75 Å². The van der Waals surface area contributed by atoms with Crippen LogP contribution in [0.1, 0.15) is 48.1 Å². The van der Waals surface area contributed by atoms with Gasteiger partial charge in [-0.25, -0.2) is 4.98 Å². The first-order valence-electron chi connectivity index (χ1n) is 28.8. The second-order valence-corrected chi connectivity index (χ2v) is 21.3. The zero-order chi connectivity index (χ0) is 66.0. The topological polar surface area (TPSA) is 543 Å². The average Bonchev–Trinajstić information content (AvgIpc) is 1.78. The Morgan fingerprint density at radius 3 is 1.46 bits per heavy atom. The third-order valence-electron chi connectivity index (χ3n) is 14.1. The zero-order valence-electron chi connectivity index (χ0n) is 49.7. The fourth-order valence-electron chi connectivity index (χ4n) is 9.49. The number of aromatic amines is 3. The minimum absolute atomic E-state index is 0. The third-order valence-corrected chi connectivity index (χ3v) is 14.5. The molecule has 3 aromatic carbocycles. The summed E-state index contributed by atoms with van der Waals surface area (Å²) in [5.41, 5.74) is 36.3. The van der Waals surface area contributed by atoms with Gasteiger partial charge in [0.1, 0.15) is 36.3 Å². The number of fused-ring (bicyclic) bond motifs is 2. The van der Waals surface area contributed by atoms with E-state index >= 15 is 9.59 Å². The number of rotatable bonds is 36. The van der Waals surface area contributed by atoms with Crippen LogP contribution in [-0.4, -0.2) is 172 Å². The van der Waals surface area contributed by atoms with E-state index in [1.807, 2.05) is 0 Å². The number of aliphatic imine (C=N–C) groups is 2. The van der Waals surface area contributed by atoms with E-state index in [1.54, 1.807) is 60.9 Å². The summed E-state index contributed by atoms with van der Waals surface area (Å²) in [4.78, 5) is 159. The van der Waals surface area contributed by atoms with Crippen molar-refractivity contribution in [2.45, 2.75) is 93.7 Å². The van der Waals surface area contributed by atoms with Crippen LogP contribution < -0.4 is 87.4 Å². The molecule has 0 aliphatic carbocycles. The fourth-order valence-corrected chi connectivity index (χ4v) is 9.73. The first-order chi connectivity index (χ1) is 43.6. The molecule has 34 heteroatoms. The Balaban J connectivity index is 0.0000154. The summed E-state index contributed by atoms with van der Waals surface area (Å²) in [5, 5.41) is 36.8. The molecule has 92 heavy (non-hydrogen) atoms. The molecule has 1 radical (unpaired) electrons. The standard InChI is InChI=1S/C58H77N21O11S.Cu/c59-23-47(81)70-27-48(82)74-45(22-34-26-65-30-72-34)51(85)71-28-49(83)73-43(20-32-24-68-38-9-3-1-7-36(32)38)54(88)76-41(12-6-18-67-58(63)64)52(86)78-44(21-33-25-69-39-10-4-2-8-37(33)39)55(89)77-42(19-31-13-15-35(80)16-14-31)53(87)79-46(29-91)56(90)75-40(50(60)84)11-5-17-66-57(61)62;/h1-4,7-10,13-16,24-26,30,40-46,68-69,80,91H,5-6,11-12,17-23,27-29,59H2,(H2,60,84)(H,65,72)(H,70,81)(H,71,85)(H,73,83)(H,74,82)(H,75,90)(H,76,88)(H,77,89)(H,78,86)(H,79,87)(H4,61,62,66)(H4,63,64,67);/q;+2/p-2/t40-,41-,42-,43-,44-,45-,46-;/m0./s1. The molecule has 3 aromatic heterocycles. The Hall–Kier alpha value is -10.2. The van der Waals surface area contributed by atoms with E-state index in [1.165, 1.54) is 36.8 Å². The van der Waals surface area contributed by atoms with E-state index in [4.69, 9.17) is 47.0 Å². The van der Waals surface area contributed by atoms with Gasteiger partial charge >= 0.3 is 17.1 Å². The number of H-pyrrole nitrogens is 3. The molecule has 0 saturated carbocycles. The maximum atomic E-state index is 15.0. The Bertz CT molecular complexity index is 3560. The summed E-state index contributed by atoms with van der Waals surface area (Å²) in [5.74, 6) is -9.64. The van der Waals surface area contributed by atoms with Crippen LogP contribution in [0.4, 0.5) is 0 Å². The molecule has 3 heterocycles. The molecule has 6 aromatic rings. The van der Waals surface area contributed by atoms with Crippen molar-refractivity contribution in [3.63, 3.8) is 0 Å². The zero-order valence-corrected chi connectivity index (χ0v) is 51.4. The molecule has 0 fully saturated rings. The monoisotopic (exact) mass is 1340 g/mol. The van der Waals surface area contributed by atoms with Gasteiger partial charge in [0, 0.05) is 84.9 Å². The quantitative estimate of drug-likeness (QED) is 0.00573. The number of aromatic nitrogens is 4. The Morgan fingerprint density at radius 2 is 0.957 bits per heavy atom. The van der Waals surface area contributed by atoms with E-state index in [0.29, 0.717) is 44.2 Å². The van der Waals surface area contributed by atoms with Gasteiger partial charge in [-0.05, 0) is 54.5 Å². The number of imidazole rings is 1. The van der Waals surface area contributed by atoms with Crippen LogP contribution >= 0.6 is 0 Å². The van der Waals surface area contributed by atoms with Gasteiger partial charge in [0.25, 0.3) is 0 Å². The van der Waals surface area contributed by atoms with Gasteiger partial charge in [-0.1, -0.05) is 60.7 Å². The fraction of sp³-hybridized carbons (Fsp3) is 0.362. The summed E-state index contributed by atoms with van der Waals surface area (Å²) >= 11 is 5.27. The molecule has 7 atom stereocenters. The van der Waals surface area contributed by atoms with Crippen LogP contribution in [0.3, 0.4) is 0 Å². The summed E-state index contributed by atoms with van der Waals surface area (Å²) in [6, 6.07) is 9.71. The largest absolute Gasteiger partial charge is 2.00 e. The number of guanidine groups is 2. The predicted molar refractivity (Wildman–Crippen MR) is 336 cm³/mol. The van der Waals surface area contributed by atoms with E-state index in [9.17, 15) is 43.5 Å². The number of benzene rings is 3. The van der Waals surface area contributed by atoms with Gasteiger partial charge in [-0.15, -0.1) is 11.5 Å². The van der Waals surface area contributed by atoms with Crippen LogP contribution in [0.15, 0.2) is 108 Å². The summed E-state index contributed by atoms with van der Waals surface area (Å²) in [7, 11) is 0. The Morgan fingerprint density at radius 1 is 0.511 bits per heavy atom. The summed E-state index contributed by atoms with van der Waals surface area (Å²) < 4.78 is 0. The number of nitrogens with two attached hydrogens (primary N) is 6. The van der Waals surface area contributed by atoms with Gasteiger partial charge in [0.2, 0.25) is 59.1 Å². The molecule has 0 unspecified atom stereocenters. The maximum absolute atomic E-state index is 15.0. The first-order valence-corrected chi connectivity index (χ1v) is 29.3. The Labute approximate surface area is 543 Å². The van der Waals surface area contributed by atoms with Crippen molar-refractivity contribution in [1.29, 1.82) is 0 Å². The van der Waals surface area contributed by atoms with Crippen LogP contribution in [0, 0.1) is 0 Å². The number of carbonyl (C=O) groups excluding carboxylic acids is 10. The molecule has 24 N–H and O–H groups in total. The van der Waals surface area contributed by atoms with E-state index in [0.717, 1.165) is 0 Å². The second-order valence-electron chi connectivity index (χ2n) is 21.0. The molecule has 0 bridgehead atoms. The van der Waals surface area contributed by atoms with Crippen molar-refractivity contribution >= 4 is 105 Å². The molecular formula is C58H75CuN21O11S. The maximum Gasteiger partial charge on any atom is 2.00 e. The van der Waals surface area contributed by atoms with Crippen molar-refractivity contribution in [1.82, 2.24) is 67.8 Å². The normalized spacial score (nSPS) is 13.2. The minimum atomic E-state index is -1.53.